The number of amides is 3. The van der Waals surface area contributed by atoms with Crippen molar-refractivity contribution in [3.8, 4) is 0 Å². The van der Waals surface area contributed by atoms with Crippen molar-refractivity contribution in [2.24, 2.45) is 17.6 Å². The second kappa shape index (κ2) is 21.4. The van der Waals surface area contributed by atoms with Crippen LogP contribution in [0.5, 0.6) is 0 Å². The molecule has 0 spiro atoms. The fourth-order valence-electron chi connectivity index (χ4n) is 6.83. The van der Waals surface area contributed by atoms with Crippen LogP contribution in [0.25, 0.3) is 0 Å². The molecule has 2 bridgehead atoms. The van der Waals surface area contributed by atoms with E-state index >= 15 is 0 Å². The van der Waals surface area contributed by atoms with Crippen LogP contribution >= 0.6 is 0 Å². The van der Waals surface area contributed by atoms with Crippen LogP contribution in [0.4, 0.5) is 4.79 Å². The number of hydrogen-bond acceptors (Lipinski definition) is 10. The molecule has 6 atom stereocenters. The summed E-state index contributed by atoms with van der Waals surface area (Å²) >= 11 is 0. The van der Waals surface area contributed by atoms with Gasteiger partial charge in [-0.1, -0.05) is 64.1 Å². The number of fused-ring (bicyclic) bond motifs is 2. The predicted octanol–water partition coefficient (Wildman–Crippen LogP) is 4.81. The number of rotatable bonds is 11. The first-order valence-electron chi connectivity index (χ1n) is 18.8. The molecule has 3 rings (SSSR count). The lowest BCUT2D eigenvalue weighted by Crippen LogP contribution is -2.38. The van der Waals surface area contributed by atoms with Gasteiger partial charge in [0.1, 0.15) is 6.10 Å². The Kier molecular flexibility index (Phi) is 17.4. The molecule has 0 fully saturated rings. The Morgan fingerprint density at radius 1 is 1.02 bits per heavy atom. The lowest BCUT2D eigenvalue weighted by molar-refractivity contribution is -0.120. The standard InChI is InChI=1S/C42H58N4O9/c1-9-18-46(19-10-2)24-29-14-16-30(17-15-29)41(51)45-36-31-20-25(3)21-35(54-8)37(48)27(5)22-28(6)39(55-42(43)52)34(53-7)13-11-12-26(4)40(50)44-32(38(31)49)23-33(36)47/h11-17,22-23,25,27,34-35,37,39,48H,9-10,18-21,24H2,1-8H3,(H2,43,52)(H,44,50)(H,45,51)/b13-11-,26-12-,28-22-/t25-,27+,34-,35-,37+,39-/m1/s1. The summed E-state index contributed by atoms with van der Waals surface area (Å²) in [5.74, 6) is -3.32. The summed E-state index contributed by atoms with van der Waals surface area (Å²) in [6.07, 6.45) is 5.13. The summed E-state index contributed by atoms with van der Waals surface area (Å²) in [7, 11) is 2.89. The number of aliphatic hydroxyl groups excluding tert-OH is 1. The molecule has 0 aromatic heterocycles. The van der Waals surface area contributed by atoms with E-state index < -0.39 is 59.8 Å². The van der Waals surface area contributed by atoms with Gasteiger partial charge in [0.15, 0.2) is 6.10 Å². The van der Waals surface area contributed by atoms with Crippen molar-refractivity contribution in [1.29, 1.82) is 0 Å². The lowest BCUT2D eigenvalue weighted by atomic mass is 9.85. The second-order valence-electron chi connectivity index (χ2n) is 14.4. The lowest BCUT2D eigenvalue weighted by Gasteiger charge is -2.30. The number of allylic oxidation sites excluding steroid dienone is 4. The highest BCUT2D eigenvalue weighted by Crippen LogP contribution is 2.29. The maximum atomic E-state index is 14.1. The molecular formula is C42H58N4O9. The molecule has 1 aromatic carbocycles. The first-order chi connectivity index (χ1) is 26.1. The van der Waals surface area contributed by atoms with Gasteiger partial charge in [0.05, 0.1) is 23.6 Å². The van der Waals surface area contributed by atoms with Gasteiger partial charge >= 0.3 is 6.09 Å². The Labute approximate surface area is 324 Å². The number of nitrogens with one attached hydrogen (secondary N) is 2. The van der Waals surface area contributed by atoms with Crippen molar-refractivity contribution >= 4 is 29.5 Å². The highest BCUT2D eigenvalue weighted by atomic mass is 16.6. The van der Waals surface area contributed by atoms with Gasteiger partial charge in [0, 0.05) is 49.5 Å². The Hall–Kier alpha value is -4.69. The smallest absolute Gasteiger partial charge is 0.405 e. The number of carbonyl (C=O) groups excluding carboxylic acids is 5. The van der Waals surface area contributed by atoms with Gasteiger partial charge < -0.3 is 35.7 Å². The first kappa shape index (κ1) is 44.7. The summed E-state index contributed by atoms with van der Waals surface area (Å²) in [6, 6.07) is 7.15. The van der Waals surface area contributed by atoms with Crippen LogP contribution in [0.1, 0.15) is 83.1 Å². The fourth-order valence-corrected chi connectivity index (χ4v) is 6.83. The van der Waals surface area contributed by atoms with E-state index in [2.05, 4.69) is 29.4 Å². The van der Waals surface area contributed by atoms with Crippen molar-refractivity contribution in [1.82, 2.24) is 15.5 Å². The maximum absolute atomic E-state index is 14.1. The molecule has 55 heavy (non-hydrogen) atoms. The number of nitrogens with zero attached hydrogens (tertiary/aromatic N) is 1. The SMILES string of the molecule is CCCN(CCC)Cc1ccc(C(=O)NC2=C3C[C@@H](C)C[C@@H](OC)[C@@H](O)[C@@H](C)/C=C(/C)[C@@H](OC(N)=O)[C@H](OC)/C=C\C=C(\C)C(=O)NC(=CC2=O)C3=O)cc1. The zero-order valence-electron chi connectivity index (χ0n) is 33.3. The Morgan fingerprint density at radius 2 is 1.67 bits per heavy atom. The van der Waals surface area contributed by atoms with E-state index in [1.165, 1.54) is 33.3 Å². The van der Waals surface area contributed by atoms with E-state index in [1.807, 2.05) is 19.1 Å². The highest BCUT2D eigenvalue weighted by molar-refractivity contribution is 6.24. The first-order valence-corrected chi connectivity index (χ1v) is 18.8. The van der Waals surface area contributed by atoms with Crippen LogP contribution in [-0.2, 0) is 35.1 Å². The van der Waals surface area contributed by atoms with Gasteiger partial charge in [-0.3, -0.25) is 24.1 Å². The molecule has 13 nitrogen and oxygen atoms in total. The molecule has 1 heterocycles. The zero-order chi connectivity index (χ0) is 40.8. The third-order valence-electron chi connectivity index (χ3n) is 9.73. The molecule has 0 saturated carbocycles. The largest absolute Gasteiger partial charge is 0.439 e. The normalized spacial score (nSPS) is 27.0. The third kappa shape index (κ3) is 12.7. The number of ether oxygens (including phenoxy) is 3. The number of carbonyl (C=O) groups is 5. The van der Waals surface area contributed by atoms with Crippen LogP contribution in [0.2, 0.25) is 0 Å². The molecule has 1 aliphatic carbocycles. The maximum Gasteiger partial charge on any atom is 0.405 e. The average Bonchev–Trinajstić information content (AvgIpc) is 3.14. The van der Waals surface area contributed by atoms with Gasteiger partial charge in [0.25, 0.3) is 11.8 Å². The van der Waals surface area contributed by atoms with Crippen molar-refractivity contribution in [3.05, 3.63) is 93.9 Å². The zero-order valence-corrected chi connectivity index (χ0v) is 33.3. The van der Waals surface area contributed by atoms with Crippen LogP contribution in [0, 0.1) is 11.8 Å². The monoisotopic (exact) mass is 762 g/mol. The van der Waals surface area contributed by atoms with Gasteiger partial charge in [-0.25, -0.2) is 4.79 Å². The Morgan fingerprint density at radius 3 is 2.25 bits per heavy atom. The molecule has 1 aromatic rings. The molecule has 0 unspecified atom stereocenters. The summed E-state index contributed by atoms with van der Waals surface area (Å²) in [5.41, 5.74) is 7.12. The number of methoxy groups -OCH3 is 2. The number of benzene rings is 1. The number of aliphatic hydroxyl groups is 1. The molecule has 5 N–H and O–H groups in total. The van der Waals surface area contributed by atoms with Crippen molar-refractivity contribution in [2.75, 3.05) is 27.3 Å². The highest BCUT2D eigenvalue weighted by Gasteiger charge is 2.34. The quantitative estimate of drug-likeness (QED) is 0.180. The van der Waals surface area contributed by atoms with E-state index in [1.54, 1.807) is 38.1 Å². The summed E-state index contributed by atoms with van der Waals surface area (Å²) in [5, 5.41) is 16.7. The number of primary amides is 1. The second-order valence-corrected chi connectivity index (χ2v) is 14.4. The molecule has 3 amide bonds. The van der Waals surface area contributed by atoms with Gasteiger partial charge in [-0.2, -0.15) is 0 Å². The van der Waals surface area contributed by atoms with Crippen molar-refractivity contribution in [2.45, 2.75) is 98.2 Å². The molecule has 13 heteroatoms. The number of nitrogens with two attached hydrogens (primary N) is 1. The van der Waals surface area contributed by atoms with E-state index in [0.717, 1.165) is 44.1 Å². The van der Waals surface area contributed by atoms with Crippen LogP contribution in [0.3, 0.4) is 0 Å². The van der Waals surface area contributed by atoms with Gasteiger partial charge in [0.2, 0.25) is 11.6 Å². The topological polar surface area (TPSA) is 187 Å². The van der Waals surface area contributed by atoms with E-state index in [9.17, 15) is 29.1 Å². The molecule has 2 aliphatic rings. The van der Waals surface area contributed by atoms with Crippen LogP contribution < -0.4 is 16.4 Å². The minimum Gasteiger partial charge on any atom is -0.439 e. The average molecular weight is 763 g/mol. The predicted molar refractivity (Wildman–Crippen MR) is 209 cm³/mol. The minimum absolute atomic E-state index is 0.0223. The summed E-state index contributed by atoms with van der Waals surface area (Å²) < 4.78 is 16.7. The number of Topliss-reactive ketones (excluding diaryl/α,β-unsaturated/α-hetero) is 1. The summed E-state index contributed by atoms with van der Waals surface area (Å²) in [6.45, 7) is 13.8. The number of ketones is 2. The Bertz CT molecular complexity index is 1700. The number of hydrogen-bond donors (Lipinski definition) is 4. The molecule has 1 aliphatic heterocycles. The third-order valence-corrected chi connectivity index (χ3v) is 9.73. The van der Waals surface area contributed by atoms with Crippen molar-refractivity contribution in [3.63, 3.8) is 0 Å². The molecule has 0 radical (unpaired) electrons. The summed E-state index contributed by atoms with van der Waals surface area (Å²) in [4.78, 5) is 68.8. The molecule has 0 saturated heterocycles. The van der Waals surface area contributed by atoms with E-state index in [0.29, 0.717) is 11.1 Å². The van der Waals surface area contributed by atoms with E-state index in [4.69, 9.17) is 19.9 Å². The molecular weight excluding hydrogens is 704 g/mol. The molecule has 300 valence electrons. The van der Waals surface area contributed by atoms with Crippen molar-refractivity contribution < 1.29 is 43.3 Å². The minimum atomic E-state index is -1.04. The fraction of sp³-hybridized carbons (Fsp3) is 0.500. The van der Waals surface area contributed by atoms with Crippen LogP contribution in [-0.4, -0.2) is 91.2 Å². The van der Waals surface area contributed by atoms with Gasteiger partial charge in [-0.05, 0) is 81.8 Å². The Balaban J connectivity index is 2.02. The van der Waals surface area contributed by atoms with Gasteiger partial charge in [-0.15, -0.1) is 0 Å². The van der Waals surface area contributed by atoms with Crippen LogP contribution in [0.15, 0.2) is 82.8 Å². The van der Waals surface area contributed by atoms with E-state index in [-0.39, 0.29) is 41.3 Å².